The number of nitrogens with zero attached hydrogens (tertiary/aromatic N) is 2. The minimum absolute atomic E-state index is 0. The molecule has 1 unspecified atom stereocenters. The standard InChI is InChI=1S/C20H32N4O2.HI/c1-16-6-8-18(9-7-16)26-14-12-23-20(21-3)22-11-10-19(25)24-13-4-5-17(2)15-24;/h6-9,17H,4-5,10-15H2,1-3H3,(H2,21,22,23);1H. The van der Waals surface area contributed by atoms with Crippen LogP contribution >= 0.6 is 24.0 Å². The van der Waals surface area contributed by atoms with Crippen molar-refractivity contribution in [3.05, 3.63) is 29.8 Å². The van der Waals surface area contributed by atoms with Crippen molar-refractivity contribution in [2.45, 2.75) is 33.1 Å². The van der Waals surface area contributed by atoms with Crippen molar-refractivity contribution >= 4 is 35.8 Å². The van der Waals surface area contributed by atoms with Crippen molar-refractivity contribution < 1.29 is 9.53 Å². The molecule has 0 radical (unpaired) electrons. The van der Waals surface area contributed by atoms with Crippen LogP contribution in [0.15, 0.2) is 29.3 Å². The molecule has 2 rings (SSSR count). The summed E-state index contributed by atoms with van der Waals surface area (Å²) in [5.41, 5.74) is 1.22. The lowest BCUT2D eigenvalue weighted by molar-refractivity contribution is -0.132. The highest BCUT2D eigenvalue weighted by atomic mass is 127. The lowest BCUT2D eigenvalue weighted by Gasteiger charge is -2.31. The van der Waals surface area contributed by atoms with Gasteiger partial charge in [0, 0.05) is 33.1 Å². The molecule has 1 amide bonds. The van der Waals surface area contributed by atoms with Crippen LogP contribution in [0.25, 0.3) is 0 Å². The topological polar surface area (TPSA) is 66.0 Å². The van der Waals surface area contributed by atoms with Crippen LogP contribution < -0.4 is 15.4 Å². The molecule has 0 spiro atoms. The maximum absolute atomic E-state index is 12.3. The van der Waals surface area contributed by atoms with Gasteiger partial charge in [0.15, 0.2) is 5.96 Å². The van der Waals surface area contributed by atoms with E-state index in [1.165, 1.54) is 12.0 Å². The van der Waals surface area contributed by atoms with Gasteiger partial charge >= 0.3 is 0 Å². The molecule has 2 N–H and O–H groups in total. The van der Waals surface area contributed by atoms with Gasteiger partial charge < -0.3 is 20.3 Å². The van der Waals surface area contributed by atoms with Crippen LogP contribution in [-0.2, 0) is 4.79 Å². The van der Waals surface area contributed by atoms with E-state index < -0.39 is 0 Å². The summed E-state index contributed by atoms with van der Waals surface area (Å²) < 4.78 is 5.68. The summed E-state index contributed by atoms with van der Waals surface area (Å²) in [5, 5.41) is 6.39. The van der Waals surface area contributed by atoms with Crippen LogP contribution in [0.1, 0.15) is 31.7 Å². The van der Waals surface area contributed by atoms with Crippen molar-refractivity contribution in [2.75, 3.05) is 39.8 Å². The van der Waals surface area contributed by atoms with E-state index in [0.717, 1.165) is 25.3 Å². The van der Waals surface area contributed by atoms with Gasteiger partial charge in [-0.2, -0.15) is 0 Å². The first-order valence-corrected chi connectivity index (χ1v) is 9.50. The molecule has 1 aromatic rings. The zero-order chi connectivity index (χ0) is 18.8. The van der Waals surface area contributed by atoms with Crippen LogP contribution in [0.2, 0.25) is 0 Å². The highest BCUT2D eigenvalue weighted by Gasteiger charge is 2.20. The fourth-order valence-corrected chi connectivity index (χ4v) is 3.06. The third-order valence-corrected chi connectivity index (χ3v) is 4.55. The lowest BCUT2D eigenvalue weighted by atomic mass is 10.00. The molecule has 1 fully saturated rings. The minimum Gasteiger partial charge on any atom is -0.492 e. The number of guanidine groups is 1. The van der Waals surface area contributed by atoms with E-state index in [9.17, 15) is 4.79 Å². The summed E-state index contributed by atoms with van der Waals surface area (Å²) in [6.45, 7) is 7.83. The Labute approximate surface area is 180 Å². The summed E-state index contributed by atoms with van der Waals surface area (Å²) in [4.78, 5) is 18.4. The Morgan fingerprint density at radius 3 is 2.63 bits per heavy atom. The van der Waals surface area contributed by atoms with Crippen LogP contribution in [0, 0.1) is 12.8 Å². The van der Waals surface area contributed by atoms with Crippen molar-refractivity contribution in [1.82, 2.24) is 15.5 Å². The van der Waals surface area contributed by atoms with Crippen molar-refractivity contribution in [1.29, 1.82) is 0 Å². The van der Waals surface area contributed by atoms with Gasteiger partial charge in [0.05, 0.1) is 6.54 Å². The summed E-state index contributed by atoms with van der Waals surface area (Å²) in [6.07, 6.45) is 2.83. The molecule has 0 saturated carbocycles. The van der Waals surface area contributed by atoms with Crippen molar-refractivity contribution in [2.24, 2.45) is 10.9 Å². The number of benzene rings is 1. The third kappa shape index (κ3) is 8.81. The van der Waals surface area contributed by atoms with E-state index in [0.29, 0.717) is 38.0 Å². The fourth-order valence-electron chi connectivity index (χ4n) is 3.06. The molecule has 1 heterocycles. The van der Waals surface area contributed by atoms with Crippen molar-refractivity contribution in [3.63, 3.8) is 0 Å². The summed E-state index contributed by atoms with van der Waals surface area (Å²) in [5.74, 6) is 2.39. The molecule has 0 aromatic heterocycles. The molecule has 27 heavy (non-hydrogen) atoms. The monoisotopic (exact) mass is 488 g/mol. The molecule has 1 aromatic carbocycles. The predicted molar refractivity (Wildman–Crippen MR) is 121 cm³/mol. The number of carbonyl (C=O) groups is 1. The number of aryl methyl sites for hydroxylation is 1. The second-order valence-electron chi connectivity index (χ2n) is 6.92. The zero-order valence-electron chi connectivity index (χ0n) is 16.7. The normalized spacial score (nSPS) is 17.1. The number of hydrogen-bond donors (Lipinski definition) is 2. The van der Waals surface area contributed by atoms with Gasteiger partial charge in [-0.3, -0.25) is 9.79 Å². The van der Waals surface area contributed by atoms with Gasteiger partial charge in [-0.25, -0.2) is 0 Å². The molecule has 6 nitrogen and oxygen atoms in total. The van der Waals surface area contributed by atoms with Crippen LogP contribution in [-0.4, -0.2) is 56.6 Å². The maximum Gasteiger partial charge on any atom is 0.224 e. The Hall–Kier alpha value is -1.51. The smallest absolute Gasteiger partial charge is 0.224 e. The number of nitrogens with one attached hydrogen (secondary N) is 2. The number of piperidine rings is 1. The summed E-state index contributed by atoms with van der Waals surface area (Å²) in [6, 6.07) is 8.00. The van der Waals surface area contributed by atoms with E-state index in [1.807, 2.05) is 29.2 Å². The van der Waals surface area contributed by atoms with Gasteiger partial charge in [0.2, 0.25) is 5.91 Å². The summed E-state index contributed by atoms with van der Waals surface area (Å²) in [7, 11) is 1.73. The van der Waals surface area contributed by atoms with Gasteiger partial charge in [0.25, 0.3) is 0 Å². The number of likely N-dealkylation sites (tertiary alicyclic amines) is 1. The molecule has 1 aliphatic heterocycles. The third-order valence-electron chi connectivity index (χ3n) is 4.55. The highest BCUT2D eigenvalue weighted by molar-refractivity contribution is 14.0. The first-order chi connectivity index (χ1) is 12.6. The zero-order valence-corrected chi connectivity index (χ0v) is 19.0. The van der Waals surface area contributed by atoms with Gasteiger partial charge in [-0.05, 0) is 37.8 Å². The van der Waals surface area contributed by atoms with Crippen LogP contribution in [0.4, 0.5) is 0 Å². The van der Waals surface area contributed by atoms with E-state index in [1.54, 1.807) is 7.05 Å². The van der Waals surface area contributed by atoms with Crippen LogP contribution in [0.5, 0.6) is 5.75 Å². The largest absolute Gasteiger partial charge is 0.492 e. The molecule has 152 valence electrons. The van der Waals surface area contributed by atoms with E-state index in [4.69, 9.17) is 4.74 Å². The molecule has 0 aliphatic carbocycles. The molecular formula is C20H33IN4O2. The van der Waals surface area contributed by atoms with E-state index in [2.05, 4.69) is 29.5 Å². The average Bonchev–Trinajstić information content (AvgIpc) is 2.65. The highest BCUT2D eigenvalue weighted by Crippen LogP contribution is 2.15. The number of ether oxygens (including phenoxy) is 1. The predicted octanol–water partition coefficient (Wildman–Crippen LogP) is 2.81. The Morgan fingerprint density at radius 2 is 1.96 bits per heavy atom. The Balaban J connectivity index is 0.00000364. The first-order valence-electron chi connectivity index (χ1n) is 9.50. The number of halogens is 1. The van der Waals surface area contributed by atoms with Gasteiger partial charge in [-0.15, -0.1) is 24.0 Å². The number of rotatable bonds is 7. The second-order valence-corrected chi connectivity index (χ2v) is 6.92. The Morgan fingerprint density at radius 1 is 1.26 bits per heavy atom. The fraction of sp³-hybridized carbons (Fsp3) is 0.600. The van der Waals surface area contributed by atoms with Crippen LogP contribution in [0.3, 0.4) is 0 Å². The van der Waals surface area contributed by atoms with Gasteiger partial charge in [0.1, 0.15) is 12.4 Å². The van der Waals surface area contributed by atoms with Gasteiger partial charge in [-0.1, -0.05) is 24.6 Å². The Kier molecular flexibility index (Phi) is 11.2. The number of amides is 1. The first kappa shape index (κ1) is 23.5. The van der Waals surface area contributed by atoms with E-state index in [-0.39, 0.29) is 29.9 Å². The molecule has 1 aliphatic rings. The summed E-state index contributed by atoms with van der Waals surface area (Å²) >= 11 is 0. The molecule has 1 atom stereocenters. The SMILES string of the molecule is CN=C(NCCOc1ccc(C)cc1)NCCC(=O)N1CCCC(C)C1.I. The minimum atomic E-state index is 0. The number of aliphatic imine (C=N–C) groups is 1. The number of hydrogen-bond acceptors (Lipinski definition) is 3. The molecule has 7 heteroatoms. The Bertz CT molecular complexity index is 592. The second kappa shape index (κ2) is 12.8. The van der Waals surface area contributed by atoms with Crippen molar-refractivity contribution in [3.8, 4) is 5.75 Å². The van der Waals surface area contributed by atoms with E-state index >= 15 is 0 Å². The lowest BCUT2D eigenvalue weighted by Crippen LogP contribution is -2.43. The maximum atomic E-state index is 12.3. The number of carbonyl (C=O) groups excluding carboxylic acids is 1. The molecule has 1 saturated heterocycles. The quantitative estimate of drug-likeness (QED) is 0.268. The average molecular weight is 488 g/mol. The molecule has 0 bridgehead atoms. The molecular weight excluding hydrogens is 455 g/mol.